The first-order valence-corrected chi connectivity index (χ1v) is 10.7. The molecule has 0 spiro atoms. The third-order valence-corrected chi connectivity index (χ3v) is 6.23. The Bertz CT molecular complexity index is 1410. The Morgan fingerprint density at radius 3 is 1.94 bits per heavy atom. The van der Waals surface area contributed by atoms with Crippen LogP contribution < -0.4 is 5.73 Å². The van der Waals surface area contributed by atoms with E-state index < -0.39 is 42.3 Å². The summed E-state index contributed by atoms with van der Waals surface area (Å²) in [6.45, 7) is 3.79. The van der Waals surface area contributed by atoms with E-state index in [1.165, 1.54) is 20.8 Å². The van der Waals surface area contributed by atoms with E-state index >= 15 is 0 Å². The summed E-state index contributed by atoms with van der Waals surface area (Å²) in [6.07, 6.45) is -3.08. The molecule has 4 aromatic rings. The number of esters is 3. The zero-order valence-electron chi connectivity index (χ0n) is 18.5. The second-order valence-electron chi connectivity index (χ2n) is 8.44. The standard InChI is InChI=1S/C26H23NO6/c1-12(28)31-24-19-11-17-8-7-15-5-4-6-16-9-10-18(21(17)20(15)16)22(19)23(27)25(32-13(2)29)26(24)33-14(3)30/h4-11,23-26H,27H2,1-3H3/t23-,24+,25+,26-/m0/s1. The van der Waals surface area contributed by atoms with E-state index in [1.807, 2.05) is 36.4 Å². The number of nitrogens with two attached hydrogens (primary N) is 1. The first kappa shape index (κ1) is 21.2. The highest BCUT2D eigenvalue weighted by Gasteiger charge is 2.48. The van der Waals surface area contributed by atoms with Crippen LogP contribution in [0.1, 0.15) is 44.0 Å². The SMILES string of the molecule is CC(=O)O[C@@H]1[C@H](OC(C)=O)[C@@H](N)c2c(cc3ccc4cccc5ccc2c3c45)[C@H]1OC(C)=O. The van der Waals surface area contributed by atoms with Crippen molar-refractivity contribution in [2.75, 3.05) is 0 Å². The first-order valence-electron chi connectivity index (χ1n) is 10.7. The zero-order chi connectivity index (χ0) is 23.4. The maximum Gasteiger partial charge on any atom is 0.303 e. The largest absolute Gasteiger partial charge is 0.456 e. The lowest BCUT2D eigenvalue weighted by atomic mass is 9.77. The van der Waals surface area contributed by atoms with Gasteiger partial charge in [-0.3, -0.25) is 14.4 Å². The van der Waals surface area contributed by atoms with Gasteiger partial charge in [-0.15, -0.1) is 0 Å². The van der Waals surface area contributed by atoms with Gasteiger partial charge >= 0.3 is 17.9 Å². The van der Waals surface area contributed by atoms with Crippen LogP contribution in [0.2, 0.25) is 0 Å². The second kappa shape index (κ2) is 7.71. The minimum absolute atomic E-state index is 0.551. The van der Waals surface area contributed by atoms with Crippen molar-refractivity contribution >= 4 is 50.2 Å². The van der Waals surface area contributed by atoms with Crippen LogP contribution in [0.25, 0.3) is 32.3 Å². The van der Waals surface area contributed by atoms with E-state index in [9.17, 15) is 14.4 Å². The van der Waals surface area contributed by atoms with Gasteiger partial charge in [0.2, 0.25) is 0 Å². The molecule has 0 bridgehead atoms. The molecule has 0 saturated heterocycles. The Hall–Kier alpha value is -3.71. The van der Waals surface area contributed by atoms with Crippen LogP contribution in [0, 0.1) is 0 Å². The molecule has 0 aromatic heterocycles. The normalized spacial score (nSPS) is 22.3. The van der Waals surface area contributed by atoms with Gasteiger partial charge in [0.25, 0.3) is 0 Å². The maximum absolute atomic E-state index is 12.1. The van der Waals surface area contributed by atoms with Gasteiger partial charge in [-0.2, -0.15) is 0 Å². The molecule has 0 amide bonds. The molecule has 2 N–H and O–H groups in total. The summed E-state index contributed by atoms with van der Waals surface area (Å²) >= 11 is 0. The van der Waals surface area contributed by atoms with Crippen molar-refractivity contribution in [1.29, 1.82) is 0 Å². The summed E-state index contributed by atoms with van der Waals surface area (Å²) in [5.74, 6) is -1.72. The number of hydrogen-bond acceptors (Lipinski definition) is 7. The number of benzene rings is 4. The first-order chi connectivity index (χ1) is 15.8. The monoisotopic (exact) mass is 445 g/mol. The van der Waals surface area contributed by atoms with Gasteiger partial charge in [0.15, 0.2) is 18.3 Å². The summed E-state index contributed by atoms with van der Waals surface area (Å²) in [4.78, 5) is 35.9. The topological polar surface area (TPSA) is 105 Å². The van der Waals surface area contributed by atoms with Gasteiger partial charge in [-0.25, -0.2) is 0 Å². The van der Waals surface area contributed by atoms with Gasteiger partial charge in [0.05, 0.1) is 6.04 Å². The molecular weight excluding hydrogens is 422 g/mol. The summed E-state index contributed by atoms with van der Waals surface area (Å²) in [5.41, 5.74) is 8.03. The number of fused-ring (bicyclic) bond motifs is 2. The minimum atomic E-state index is -1.08. The Labute approximate surface area is 189 Å². The molecule has 168 valence electrons. The summed E-state index contributed by atoms with van der Waals surface area (Å²) < 4.78 is 16.7. The molecule has 0 unspecified atom stereocenters. The second-order valence-corrected chi connectivity index (χ2v) is 8.44. The van der Waals surface area contributed by atoms with Crippen molar-refractivity contribution in [2.45, 2.75) is 45.1 Å². The zero-order valence-corrected chi connectivity index (χ0v) is 18.5. The molecule has 0 radical (unpaired) electrons. The highest BCUT2D eigenvalue weighted by atomic mass is 16.6. The highest BCUT2D eigenvalue weighted by Crippen LogP contribution is 2.47. The van der Waals surface area contributed by atoms with E-state index in [2.05, 4.69) is 12.1 Å². The predicted molar refractivity (Wildman–Crippen MR) is 123 cm³/mol. The summed E-state index contributed by atoms with van der Waals surface area (Å²) in [6, 6.07) is 15.3. The number of carbonyl (C=O) groups excluding carboxylic acids is 3. The predicted octanol–water partition coefficient (Wildman–Crippen LogP) is 4.07. The van der Waals surface area contributed by atoms with Crippen LogP contribution in [0.5, 0.6) is 0 Å². The third kappa shape index (κ3) is 3.36. The molecule has 33 heavy (non-hydrogen) atoms. The van der Waals surface area contributed by atoms with Crippen molar-refractivity contribution in [1.82, 2.24) is 0 Å². The number of hydrogen-bond donors (Lipinski definition) is 1. The van der Waals surface area contributed by atoms with Crippen molar-refractivity contribution < 1.29 is 28.6 Å². The molecule has 7 nitrogen and oxygen atoms in total. The Kier molecular flexibility index (Phi) is 4.94. The maximum atomic E-state index is 12.1. The van der Waals surface area contributed by atoms with Crippen LogP contribution in [0.4, 0.5) is 0 Å². The average molecular weight is 445 g/mol. The molecule has 1 aliphatic rings. The van der Waals surface area contributed by atoms with Crippen LogP contribution in [-0.2, 0) is 28.6 Å². The van der Waals surface area contributed by atoms with Gasteiger partial charge in [-0.1, -0.05) is 42.5 Å². The van der Waals surface area contributed by atoms with Crippen LogP contribution in [-0.4, -0.2) is 30.1 Å². The summed E-state index contributed by atoms with van der Waals surface area (Å²) in [7, 11) is 0. The number of rotatable bonds is 3. The van der Waals surface area contributed by atoms with Gasteiger partial charge in [0.1, 0.15) is 0 Å². The van der Waals surface area contributed by atoms with Crippen molar-refractivity contribution in [3.8, 4) is 0 Å². The third-order valence-electron chi connectivity index (χ3n) is 6.23. The lowest BCUT2D eigenvalue weighted by molar-refractivity contribution is -0.188. The fourth-order valence-corrected chi connectivity index (χ4v) is 5.14. The van der Waals surface area contributed by atoms with Crippen molar-refractivity contribution in [3.05, 3.63) is 59.7 Å². The van der Waals surface area contributed by atoms with Gasteiger partial charge in [0, 0.05) is 26.3 Å². The van der Waals surface area contributed by atoms with Gasteiger partial charge in [-0.05, 0) is 43.9 Å². The van der Waals surface area contributed by atoms with Crippen LogP contribution in [0.15, 0.2) is 48.5 Å². The molecule has 1 aliphatic carbocycles. The molecule has 0 saturated carbocycles. The molecule has 4 aromatic carbocycles. The highest BCUT2D eigenvalue weighted by molar-refractivity contribution is 6.24. The van der Waals surface area contributed by atoms with Crippen LogP contribution in [0.3, 0.4) is 0 Å². The minimum Gasteiger partial charge on any atom is -0.456 e. The fraction of sp³-hybridized carbons (Fsp3) is 0.269. The van der Waals surface area contributed by atoms with E-state index in [-0.39, 0.29) is 0 Å². The van der Waals surface area contributed by atoms with Crippen molar-refractivity contribution in [3.63, 3.8) is 0 Å². The molecule has 0 aliphatic heterocycles. The lowest BCUT2D eigenvalue weighted by Gasteiger charge is -2.41. The van der Waals surface area contributed by atoms with Crippen molar-refractivity contribution in [2.24, 2.45) is 5.73 Å². The van der Waals surface area contributed by atoms with E-state index in [0.29, 0.717) is 11.1 Å². The molecule has 5 rings (SSSR count). The Morgan fingerprint density at radius 2 is 1.30 bits per heavy atom. The van der Waals surface area contributed by atoms with Gasteiger partial charge < -0.3 is 19.9 Å². The average Bonchev–Trinajstić information content (AvgIpc) is 2.76. The molecule has 7 heteroatoms. The fourth-order valence-electron chi connectivity index (χ4n) is 5.14. The lowest BCUT2D eigenvalue weighted by Crippen LogP contribution is -2.50. The molecule has 0 fully saturated rings. The Balaban J connectivity index is 1.85. The van der Waals surface area contributed by atoms with Crippen LogP contribution >= 0.6 is 0 Å². The summed E-state index contributed by atoms with van der Waals surface area (Å²) in [5, 5.41) is 6.17. The van der Waals surface area contributed by atoms with E-state index in [0.717, 1.165) is 32.3 Å². The van der Waals surface area contributed by atoms with E-state index in [1.54, 1.807) is 0 Å². The number of carbonyl (C=O) groups is 3. The smallest absolute Gasteiger partial charge is 0.303 e. The molecule has 0 heterocycles. The van der Waals surface area contributed by atoms with E-state index in [4.69, 9.17) is 19.9 Å². The number of ether oxygens (including phenoxy) is 3. The quantitative estimate of drug-likeness (QED) is 0.288. The molecule has 4 atom stereocenters. The Morgan fingerprint density at radius 1 is 0.727 bits per heavy atom. The molecular formula is C26H23NO6.